The second kappa shape index (κ2) is 6.61. The molecule has 0 saturated heterocycles. The van der Waals surface area contributed by atoms with E-state index in [9.17, 15) is 13.2 Å². The van der Waals surface area contributed by atoms with Crippen LogP contribution in [0.25, 0.3) is 0 Å². The van der Waals surface area contributed by atoms with Gasteiger partial charge >= 0.3 is 6.18 Å². The van der Waals surface area contributed by atoms with Crippen LogP contribution in [0.2, 0.25) is 0 Å². The summed E-state index contributed by atoms with van der Waals surface area (Å²) < 4.78 is 47.1. The van der Waals surface area contributed by atoms with Gasteiger partial charge in [-0.2, -0.15) is 13.2 Å². The Hall–Kier alpha value is -1.27. The van der Waals surface area contributed by atoms with E-state index in [4.69, 9.17) is 15.2 Å². The molecular weight excluding hydrogens is 247 g/mol. The quantitative estimate of drug-likeness (QED) is 0.856. The lowest BCUT2D eigenvalue weighted by Gasteiger charge is -2.18. The Labute approximate surface area is 104 Å². The summed E-state index contributed by atoms with van der Waals surface area (Å²) in [7, 11) is 1.54. The number of nitrogens with two attached hydrogens (primary N) is 1. The lowest BCUT2D eigenvalue weighted by Crippen LogP contribution is -2.33. The summed E-state index contributed by atoms with van der Waals surface area (Å²) in [6.45, 7) is -0.769. The summed E-state index contributed by atoms with van der Waals surface area (Å²) in [4.78, 5) is 0. The van der Waals surface area contributed by atoms with Gasteiger partial charge in [-0.05, 0) is 17.7 Å². The van der Waals surface area contributed by atoms with Gasteiger partial charge in [-0.25, -0.2) is 0 Å². The molecule has 0 saturated carbocycles. The predicted octanol–water partition coefficient (Wildman–Crippen LogP) is 2.35. The highest BCUT2D eigenvalue weighted by Gasteiger charge is 2.38. The van der Waals surface area contributed by atoms with Crippen molar-refractivity contribution in [3.8, 4) is 5.75 Å². The van der Waals surface area contributed by atoms with Crippen LogP contribution in [-0.2, 0) is 11.3 Å². The maximum atomic E-state index is 12.4. The van der Waals surface area contributed by atoms with Crippen LogP contribution < -0.4 is 10.5 Å². The van der Waals surface area contributed by atoms with Gasteiger partial charge in [-0.1, -0.05) is 12.1 Å². The molecule has 0 radical (unpaired) electrons. The first-order valence-corrected chi connectivity index (χ1v) is 5.45. The summed E-state index contributed by atoms with van der Waals surface area (Å²) >= 11 is 0. The Bertz CT molecular complexity index is 351. The van der Waals surface area contributed by atoms with Crippen molar-refractivity contribution in [1.82, 2.24) is 0 Å². The Morgan fingerprint density at radius 3 is 2.28 bits per heavy atom. The topological polar surface area (TPSA) is 44.5 Å². The zero-order valence-electron chi connectivity index (χ0n) is 10.0. The molecule has 18 heavy (non-hydrogen) atoms. The van der Waals surface area contributed by atoms with Crippen molar-refractivity contribution in [2.45, 2.75) is 12.8 Å². The molecule has 0 heterocycles. The molecule has 0 aliphatic rings. The first kappa shape index (κ1) is 14.8. The van der Waals surface area contributed by atoms with Gasteiger partial charge in [0, 0.05) is 6.54 Å². The van der Waals surface area contributed by atoms with E-state index in [-0.39, 0.29) is 6.61 Å². The van der Waals surface area contributed by atoms with Crippen molar-refractivity contribution in [1.29, 1.82) is 0 Å². The van der Waals surface area contributed by atoms with E-state index in [0.717, 1.165) is 5.56 Å². The number of hydrogen-bond acceptors (Lipinski definition) is 3. The monoisotopic (exact) mass is 263 g/mol. The molecule has 1 atom stereocenters. The largest absolute Gasteiger partial charge is 0.497 e. The van der Waals surface area contributed by atoms with Crippen LogP contribution in [0, 0.1) is 5.92 Å². The summed E-state index contributed by atoms with van der Waals surface area (Å²) in [6.07, 6.45) is -4.31. The molecule has 3 nitrogen and oxygen atoms in total. The van der Waals surface area contributed by atoms with E-state index in [1.54, 1.807) is 31.4 Å². The van der Waals surface area contributed by atoms with Crippen LogP contribution in [0.5, 0.6) is 5.75 Å². The van der Waals surface area contributed by atoms with E-state index in [1.165, 1.54) is 0 Å². The minimum Gasteiger partial charge on any atom is -0.497 e. The highest BCUT2D eigenvalue weighted by atomic mass is 19.4. The van der Waals surface area contributed by atoms with Gasteiger partial charge in [0.15, 0.2) is 0 Å². The first-order chi connectivity index (χ1) is 8.47. The molecule has 6 heteroatoms. The van der Waals surface area contributed by atoms with Crippen LogP contribution in [0.4, 0.5) is 13.2 Å². The Balaban J connectivity index is 2.40. The van der Waals surface area contributed by atoms with Gasteiger partial charge in [0.2, 0.25) is 0 Å². The van der Waals surface area contributed by atoms with Crippen LogP contribution in [-0.4, -0.2) is 26.4 Å². The molecule has 102 valence electrons. The van der Waals surface area contributed by atoms with Crippen LogP contribution in [0.1, 0.15) is 5.56 Å². The standard InChI is InChI=1S/C12H16F3NO2/c1-17-11-4-2-9(3-5-11)7-18-8-10(6-16)12(13,14)15/h2-5,10H,6-8,16H2,1H3. The molecule has 1 aromatic carbocycles. The van der Waals surface area contributed by atoms with Gasteiger partial charge in [-0.3, -0.25) is 0 Å². The predicted molar refractivity (Wildman–Crippen MR) is 61.2 cm³/mol. The smallest absolute Gasteiger partial charge is 0.395 e. The zero-order valence-corrected chi connectivity index (χ0v) is 10.0. The number of rotatable bonds is 6. The van der Waals surface area contributed by atoms with Crippen molar-refractivity contribution >= 4 is 0 Å². The zero-order chi connectivity index (χ0) is 13.6. The average Bonchev–Trinajstić information content (AvgIpc) is 2.34. The molecule has 0 fully saturated rings. The van der Waals surface area contributed by atoms with Crippen LogP contribution >= 0.6 is 0 Å². The number of alkyl halides is 3. The molecule has 1 unspecified atom stereocenters. The fourth-order valence-electron chi connectivity index (χ4n) is 1.34. The lowest BCUT2D eigenvalue weighted by atomic mass is 10.1. The molecular formula is C12H16F3NO2. The summed E-state index contributed by atoms with van der Waals surface area (Å²) in [6, 6.07) is 6.93. The number of methoxy groups -OCH3 is 1. The van der Waals surface area contributed by atoms with Gasteiger partial charge < -0.3 is 15.2 Å². The molecule has 0 spiro atoms. The Morgan fingerprint density at radius 1 is 1.22 bits per heavy atom. The molecule has 1 aromatic rings. The second-order valence-electron chi connectivity index (χ2n) is 3.84. The SMILES string of the molecule is COc1ccc(COCC(CN)C(F)(F)F)cc1. The fourth-order valence-corrected chi connectivity index (χ4v) is 1.34. The van der Waals surface area contributed by atoms with Gasteiger partial charge in [-0.15, -0.1) is 0 Å². The normalized spacial score (nSPS) is 13.4. The van der Waals surface area contributed by atoms with Crippen LogP contribution in [0.15, 0.2) is 24.3 Å². The third-order valence-corrected chi connectivity index (χ3v) is 2.49. The molecule has 0 amide bonds. The highest BCUT2D eigenvalue weighted by Crippen LogP contribution is 2.25. The number of benzene rings is 1. The molecule has 1 rings (SSSR count). The van der Waals surface area contributed by atoms with E-state index >= 15 is 0 Å². The Kier molecular flexibility index (Phi) is 5.43. The third-order valence-electron chi connectivity index (χ3n) is 2.49. The van der Waals surface area contributed by atoms with E-state index in [0.29, 0.717) is 5.75 Å². The van der Waals surface area contributed by atoms with Gasteiger partial charge in [0.25, 0.3) is 0 Å². The minimum atomic E-state index is -4.31. The number of halogens is 3. The van der Waals surface area contributed by atoms with Gasteiger partial charge in [0.05, 0.1) is 26.2 Å². The van der Waals surface area contributed by atoms with E-state index < -0.39 is 25.2 Å². The molecule has 0 aliphatic heterocycles. The molecule has 0 aliphatic carbocycles. The number of hydrogen-bond donors (Lipinski definition) is 1. The highest BCUT2D eigenvalue weighted by molar-refractivity contribution is 5.26. The second-order valence-corrected chi connectivity index (χ2v) is 3.84. The van der Waals surface area contributed by atoms with Crippen molar-refractivity contribution < 1.29 is 22.6 Å². The van der Waals surface area contributed by atoms with E-state index in [1.807, 2.05) is 0 Å². The summed E-state index contributed by atoms with van der Waals surface area (Å²) in [5, 5.41) is 0. The average molecular weight is 263 g/mol. The van der Waals surface area contributed by atoms with Crippen molar-refractivity contribution in [3.05, 3.63) is 29.8 Å². The van der Waals surface area contributed by atoms with Crippen LogP contribution in [0.3, 0.4) is 0 Å². The molecule has 0 aromatic heterocycles. The van der Waals surface area contributed by atoms with Crippen molar-refractivity contribution in [2.75, 3.05) is 20.3 Å². The third kappa shape index (κ3) is 4.54. The summed E-state index contributed by atoms with van der Waals surface area (Å²) in [5.41, 5.74) is 5.85. The maximum absolute atomic E-state index is 12.4. The minimum absolute atomic E-state index is 0.122. The van der Waals surface area contributed by atoms with Gasteiger partial charge in [0.1, 0.15) is 5.75 Å². The number of ether oxygens (including phenoxy) is 2. The summed E-state index contributed by atoms with van der Waals surface area (Å²) in [5.74, 6) is -0.926. The Morgan fingerprint density at radius 2 is 1.83 bits per heavy atom. The maximum Gasteiger partial charge on any atom is 0.395 e. The molecule has 0 bridgehead atoms. The van der Waals surface area contributed by atoms with Crippen molar-refractivity contribution in [2.24, 2.45) is 11.7 Å². The lowest BCUT2D eigenvalue weighted by molar-refractivity contribution is -0.186. The van der Waals surface area contributed by atoms with E-state index in [2.05, 4.69) is 0 Å². The molecule has 2 N–H and O–H groups in total. The first-order valence-electron chi connectivity index (χ1n) is 5.45. The van der Waals surface area contributed by atoms with Crippen molar-refractivity contribution in [3.63, 3.8) is 0 Å². The fraction of sp³-hybridized carbons (Fsp3) is 0.500.